The molecule has 0 saturated heterocycles. The zero-order chi connectivity index (χ0) is 18.2. The minimum atomic E-state index is -4.74. The van der Waals surface area contributed by atoms with E-state index < -0.39 is 12.3 Å². The molecule has 0 unspecified atom stereocenters. The maximum Gasteiger partial charge on any atom is 0.573 e. The Hall–Kier alpha value is -3.09. The molecule has 7 heteroatoms. The molecule has 0 saturated carbocycles. The molecular formula is C18H12F3NO3. The van der Waals surface area contributed by atoms with Crippen LogP contribution in [0.25, 0.3) is 22.2 Å². The number of fused-ring (bicyclic) bond motifs is 1. The van der Waals surface area contributed by atoms with Crippen molar-refractivity contribution in [2.45, 2.75) is 13.3 Å². The first-order valence-corrected chi connectivity index (χ1v) is 7.24. The average Bonchev–Trinajstić information content (AvgIpc) is 2.53. The lowest BCUT2D eigenvalue weighted by atomic mass is 10.0. The maximum atomic E-state index is 12.2. The highest BCUT2D eigenvalue weighted by Gasteiger charge is 2.30. The van der Waals surface area contributed by atoms with Crippen LogP contribution in [-0.4, -0.2) is 22.4 Å². The van der Waals surface area contributed by atoms with Crippen molar-refractivity contribution in [3.63, 3.8) is 0 Å². The Morgan fingerprint density at radius 1 is 1.08 bits per heavy atom. The van der Waals surface area contributed by atoms with Crippen molar-refractivity contribution in [1.82, 2.24) is 4.98 Å². The summed E-state index contributed by atoms with van der Waals surface area (Å²) in [6.45, 7) is 1.86. The second-order valence-corrected chi connectivity index (χ2v) is 5.43. The molecule has 0 atom stereocenters. The average molecular weight is 347 g/mol. The van der Waals surface area contributed by atoms with Crippen molar-refractivity contribution in [2.75, 3.05) is 0 Å². The summed E-state index contributed by atoms with van der Waals surface area (Å²) < 4.78 is 40.5. The van der Waals surface area contributed by atoms with Gasteiger partial charge in [-0.3, -0.25) is 0 Å². The number of benzene rings is 2. The maximum absolute atomic E-state index is 12.2. The highest BCUT2D eigenvalue weighted by atomic mass is 19.4. The molecule has 25 heavy (non-hydrogen) atoms. The van der Waals surface area contributed by atoms with Crippen LogP contribution in [0.1, 0.15) is 15.9 Å². The highest BCUT2D eigenvalue weighted by molar-refractivity contribution is 5.94. The van der Waals surface area contributed by atoms with Gasteiger partial charge in [0.25, 0.3) is 0 Å². The van der Waals surface area contributed by atoms with E-state index in [4.69, 9.17) is 5.11 Å². The lowest BCUT2D eigenvalue weighted by molar-refractivity contribution is -0.274. The topological polar surface area (TPSA) is 59.4 Å². The Morgan fingerprint density at radius 3 is 2.36 bits per heavy atom. The van der Waals surface area contributed by atoms with Gasteiger partial charge >= 0.3 is 12.3 Å². The first kappa shape index (κ1) is 16.8. The largest absolute Gasteiger partial charge is 0.573 e. The van der Waals surface area contributed by atoms with E-state index in [0.717, 1.165) is 10.9 Å². The molecule has 0 bridgehead atoms. The predicted octanol–water partition coefficient (Wildman–Crippen LogP) is 4.81. The zero-order valence-electron chi connectivity index (χ0n) is 13.0. The number of aromatic nitrogens is 1. The molecule has 1 aromatic heterocycles. The quantitative estimate of drug-likeness (QED) is 0.739. The number of carboxylic acid groups (broad SMARTS) is 1. The third-order valence-electron chi connectivity index (χ3n) is 3.65. The number of carbonyl (C=O) groups is 1. The van der Waals surface area contributed by atoms with Gasteiger partial charge in [0, 0.05) is 10.9 Å². The Kier molecular flexibility index (Phi) is 4.08. The summed E-state index contributed by atoms with van der Waals surface area (Å²) in [6, 6.07) is 11.8. The van der Waals surface area contributed by atoms with Crippen LogP contribution in [0.3, 0.4) is 0 Å². The van der Waals surface area contributed by atoms with Crippen LogP contribution < -0.4 is 4.74 Å². The molecule has 2 aromatic carbocycles. The first-order chi connectivity index (χ1) is 11.7. The van der Waals surface area contributed by atoms with Gasteiger partial charge in [-0.05, 0) is 55.0 Å². The second kappa shape index (κ2) is 6.08. The van der Waals surface area contributed by atoms with Gasteiger partial charge in [-0.1, -0.05) is 6.07 Å². The Balaban J connectivity index is 2.02. The fourth-order valence-corrected chi connectivity index (χ4v) is 2.51. The van der Waals surface area contributed by atoms with Gasteiger partial charge in [-0.2, -0.15) is 0 Å². The van der Waals surface area contributed by atoms with Crippen molar-refractivity contribution in [3.8, 4) is 17.0 Å². The van der Waals surface area contributed by atoms with Crippen LogP contribution in [0.2, 0.25) is 0 Å². The van der Waals surface area contributed by atoms with E-state index in [1.54, 1.807) is 12.1 Å². The standard InChI is InChI=1S/C18H12F3NO3/c1-10-8-15(11-2-5-13(6-3-11)25-18(19,20)21)22-16-9-12(17(23)24)4-7-14(10)16/h2-9H,1H3,(H,23,24). The summed E-state index contributed by atoms with van der Waals surface area (Å²) in [5, 5.41) is 9.90. The van der Waals surface area contributed by atoms with Crippen LogP contribution in [0.5, 0.6) is 5.75 Å². The number of hydrogen-bond acceptors (Lipinski definition) is 3. The number of rotatable bonds is 3. The predicted molar refractivity (Wildman–Crippen MR) is 85.6 cm³/mol. The fourth-order valence-electron chi connectivity index (χ4n) is 2.51. The number of ether oxygens (including phenoxy) is 1. The van der Waals surface area contributed by atoms with E-state index in [1.807, 2.05) is 6.92 Å². The summed E-state index contributed by atoms with van der Waals surface area (Å²) in [4.78, 5) is 15.5. The molecule has 0 amide bonds. The smallest absolute Gasteiger partial charge is 0.478 e. The molecule has 0 radical (unpaired) electrons. The molecule has 0 spiro atoms. The van der Waals surface area contributed by atoms with Gasteiger partial charge in [0.1, 0.15) is 5.75 Å². The number of carboxylic acids is 1. The molecule has 1 heterocycles. The van der Waals surface area contributed by atoms with Crippen LogP contribution in [0.15, 0.2) is 48.5 Å². The first-order valence-electron chi connectivity index (χ1n) is 7.24. The van der Waals surface area contributed by atoms with Crippen molar-refractivity contribution >= 4 is 16.9 Å². The van der Waals surface area contributed by atoms with Gasteiger partial charge in [-0.25, -0.2) is 9.78 Å². The number of aromatic carboxylic acids is 1. The van der Waals surface area contributed by atoms with E-state index in [0.29, 0.717) is 16.8 Å². The van der Waals surface area contributed by atoms with Crippen LogP contribution >= 0.6 is 0 Å². The molecule has 4 nitrogen and oxygen atoms in total. The van der Waals surface area contributed by atoms with Gasteiger partial charge in [-0.15, -0.1) is 13.2 Å². The Morgan fingerprint density at radius 2 is 1.76 bits per heavy atom. The number of nitrogens with zero attached hydrogens (tertiary/aromatic N) is 1. The normalized spacial score (nSPS) is 11.5. The van der Waals surface area contributed by atoms with Crippen LogP contribution in [-0.2, 0) is 0 Å². The van der Waals surface area contributed by atoms with Gasteiger partial charge in [0.2, 0.25) is 0 Å². The van der Waals surface area contributed by atoms with Gasteiger partial charge < -0.3 is 9.84 Å². The summed E-state index contributed by atoms with van der Waals surface area (Å²) >= 11 is 0. The summed E-state index contributed by atoms with van der Waals surface area (Å²) in [6.07, 6.45) is -4.74. The lowest BCUT2D eigenvalue weighted by Gasteiger charge is -2.10. The lowest BCUT2D eigenvalue weighted by Crippen LogP contribution is -2.16. The summed E-state index contributed by atoms with van der Waals surface area (Å²) in [5.74, 6) is -1.37. The molecule has 0 fully saturated rings. The van der Waals surface area contributed by atoms with Crippen molar-refractivity contribution in [2.24, 2.45) is 0 Å². The van der Waals surface area contributed by atoms with Crippen molar-refractivity contribution in [3.05, 3.63) is 59.7 Å². The van der Waals surface area contributed by atoms with Crippen molar-refractivity contribution < 1.29 is 27.8 Å². The third-order valence-corrected chi connectivity index (χ3v) is 3.65. The minimum absolute atomic E-state index is 0.116. The molecule has 3 rings (SSSR count). The number of halogens is 3. The minimum Gasteiger partial charge on any atom is -0.478 e. The number of pyridine rings is 1. The van der Waals surface area contributed by atoms with E-state index in [1.165, 1.54) is 36.4 Å². The van der Waals surface area contributed by atoms with E-state index in [-0.39, 0.29) is 11.3 Å². The SMILES string of the molecule is Cc1cc(-c2ccc(OC(F)(F)F)cc2)nc2cc(C(=O)O)ccc12. The monoisotopic (exact) mass is 347 g/mol. The third kappa shape index (κ3) is 3.71. The highest BCUT2D eigenvalue weighted by Crippen LogP contribution is 2.28. The van der Waals surface area contributed by atoms with Crippen molar-refractivity contribution in [1.29, 1.82) is 0 Å². The Bertz CT molecular complexity index is 950. The van der Waals surface area contributed by atoms with Crippen LogP contribution in [0, 0.1) is 6.92 Å². The van der Waals surface area contributed by atoms with Gasteiger partial charge in [0.05, 0.1) is 16.8 Å². The van der Waals surface area contributed by atoms with E-state index in [9.17, 15) is 18.0 Å². The molecule has 0 aliphatic rings. The molecule has 3 aromatic rings. The number of alkyl halides is 3. The molecule has 0 aliphatic carbocycles. The molecule has 1 N–H and O–H groups in total. The number of hydrogen-bond donors (Lipinski definition) is 1. The van der Waals surface area contributed by atoms with E-state index >= 15 is 0 Å². The summed E-state index contributed by atoms with van der Waals surface area (Å²) in [7, 11) is 0. The molecular weight excluding hydrogens is 335 g/mol. The molecule has 0 aliphatic heterocycles. The van der Waals surface area contributed by atoms with Crippen LogP contribution in [0.4, 0.5) is 13.2 Å². The summed E-state index contributed by atoms with van der Waals surface area (Å²) in [5.41, 5.74) is 2.63. The zero-order valence-corrected chi connectivity index (χ0v) is 13.0. The number of aryl methyl sites for hydroxylation is 1. The second-order valence-electron chi connectivity index (χ2n) is 5.43. The van der Waals surface area contributed by atoms with E-state index in [2.05, 4.69) is 9.72 Å². The Labute approximate surface area is 140 Å². The molecule has 128 valence electrons. The van der Waals surface area contributed by atoms with Gasteiger partial charge in [0.15, 0.2) is 0 Å². The fraction of sp³-hybridized carbons (Fsp3) is 0.111.